The molecule has 0 spiro atoms. The fourth-order valence-corrected chi connectivity index (χ4v) is 0.900. The number of hydrogen-bond acceptors (Lipinski definition) is 3. The summed E-state index contributed by atoms with van der Waals surface area (Å²) >= 11 is 0. The van der Waals surface area contributed by atoms with E-state index < -0.39 is 0 Å². The summed E-state index contributed by atoms with van der Waals surface area (Å²) in [5.41, 5.74) is 5.71. The van der Waals surface area contributed by atoms with Gasteiger partial charge in [-0.1, -0.05) is 13.8 Å². The van der Waals surface area contributed by atoms with E-state index in [0.29, 0.717) is 6.42 Å². The van der Waals surface area contributed by atoms with Crippen molar-refractivity contribution in [1.29, 1.82) is 0 Å². The Morgan fingerprint density at radius 2 is 2.18 bits per heavy atom. The second kappa shape index (κ2) is 5.13. The predicted molar refractivity (Wildman–Crippen MR) is 44.1 cm³/mol. The molecule has 0 aromatic rings. The van der Waals surface area contributed by atoms with Gasteiger partial charge in [0, 0.05) is 12.5 Å². The minimum absolute atomic E-state index is 0.106. The Morgan fingerprint density at radius 3 is 2.55 bits per heavy atom. The molecule has 0 aliphatic rings. The van der Waals surface area contributed by atoms with Gasteiger partial charge < -0.3 is 10.5 Å². The number of nitrogens with two attached hydrogens (primary N) is 1. The van der Waals surface area contributed by atoms with Gasteiger partial charge in [0.25, 0.3) is 0 Å². The van der Waals surface area contributed by atoms with Gasteiger partial charge in [0.05, 0.1) is 7.11 Å². The largest absolute Gasteiger partial charge is 0.469 e. The van der Waals surface area contributed by atoms with Crippen LogP contribution >= 0.6 is 0 Å². The van der Waals surface area contributed by atoms with E-state index in [9.17, 15) is 4.79 Å². The fourth-order valence-electron chi connectivity index (χ4n) is 0.900. The van der Waals surface area contributed by atoms with Gasteiger partial charge in [-0.2, -0.15) is 0 Å². The van der Waals surface area contributed by atoms with E-state index >= 15 is 0 Å². The Labute approximate surface area is 67.9 Å². The monoisotopic (exact) mass is 159 g/mol. The maximum atomic E-state index is 10.8. The molecule has 0 radical (unpaired) electrons. The van der Waals surface area contributed by atoms with Crippen LogP contribution in [-0.4, -0.2) is 19.1 Å². The third kappa shape index (κ3) is 3.98. The zero-order valence-corrected chi connectivity index (χ0v) is 7.46. The molecule has 2 unspecified atom stereocenters. The molecule has 11 heavy (non-hydrogen) atoms. The average molecular weight is 159 g/mol. The summed E-state index contributed by atoms with van der Waals surface area (Å²) in [6, 6.07) is 0.106. The molecule has 0 saturated heterocycles. The number of carbonyl (C=O) groups excluding carboxylic acids is 1. The van der Waals surface area contributed by atoms with Crippen LogP contribution in [0.1, 0.15) is 26.7 Å². The van der Waals surface area contributed by atoms with Gasteiger partial charge in [-0.3, -0.25) is 4.79 Å². The van der Waals surface area contributed by atoms with Gasteiger partial charge in [-0.25, -0.2) is 0 Å². The highest BCUT2D eigenvalue weighted by atomic mass is 16.5. The Bertz CT molecular complexity index is 125. The Kier molecular flexibility index (Phi) is 4.86. The molecule has 0 aliphatic heterocycles. The first-order valence-electron chi connectivity index (χ1n) is 3.94. The number of rotatable bonds is 4. The second-order valence-corrected chi connectivity index (χ2v) is 2.83. The average Bonchev–Trinajstić information content (AvgIpc) is 2.02. The van der Waals surface area contributed by atoms with Crippen molar-refractivity contribution in [3.05, 3.63) is 0 Å². The molecular formula is C8H17NO2. The van der Waals surface area contributed by atoms with Crippen LogP contribution in [0.5, 0.6) is 0 Å². The van der Waals surface area contributed by atoms with Crippen molar-refractivity contribution < 1.29 is 9.53 Å². The molecule has 0 aromatic carbocycles. The predicted octanol–water partition coefficient (Wildman–Crippen LogP) is 0.923. The first-order chi connectivity index (χ1) is 5.11. The van der Waals surface area contributed by atoms with Crippen LogP contribution in [0.3, 0.4) is 0 Å². The standard InChI is InChI=1S/C8H17NO2/c1-4-7(9)6(2)5-8(10)11-3/h6-7H,4-5,9H2,1-3H3. The maximum absolute atomic E-state index is 10.8. The second-order valence-electron chi connectivity index (χ2n) is 2.83. The quantitative estimate of drug-likeness (QED) is 0.621. The lowest BCUT2D eigenvalue weighted by atomic mass is 9.97. The van der Waals surface area contributed by atoms with E-state index in [1.807, 2.05) is 13.8 Å². The third-order valence-electron chi connectivity index (χ3n) is 1.92. The van der Waals surface area contributed by atoms with Crippen LogP contribution in [0, 0.1) is 5.92 Å². The fraction of sp³-hybridized carbons (Fsp3) is 0.875. The van der Waals surface area contributed by atoms with Crippen molar-refractivity contribution in [2.45, 2.75) is 32.7 Å². The molecule has 0 amide bonds. The first kappa shape index (κ1) is 10.4. The van der Waals surface area contributed by atoms with Gasteiger partial charge in [0.15, 0.2) is 0 Å². The number of ether oxygens (including phenoxy) is 1. The van der Waals surface area contributed by atoms with Crippen molar-refractivity contribution in [3.63, 3.8) is 0 Å². The highest BCUT2D eigenvalue weighted by Gasteiger charge is 2.14. The van der Waals surface area contributed by atoms with E-state index in [0.717, 1.165) is 6.42 Å². The number of methoxy groups -OCH3 is 1. The Morgan fingerprint density at radius 1 is 1.64 bits per heavy atom. The highest BCUT2D eigenvalue weighted by Crippen LogP contribution is 2.09. The van der Waals surface area contributed by atoms with Gasteiger partial charge >= 0.3 is 5.97 Å². The maximum Gasteiger partial charge on any atom is 0.305 e. The molecular weight excluding hydrogens is 142 g/mol. The summed E-state index contributed by atoms with van der Waals surface area (Å²) < 4.78 is 4.52. The molecule has 0 fully saturated rings. The molecule has 3 heteroatoms. The summed E-state index contributed by atoms with van der Waals surface area (Å²) in [7, 11) is 1.40. The third-order valence-corrected chi connectivity index (χ3v) is 1.92. The lowest BCUT2D eigenvalue weighted by Gasteiger charge is -2.16. The van der Waals surface area contributed by atoms with Crippen LogP contribution < -0.4 is 5.73 Å². The summed E-state index contributed by atoms with van der Waals surface area (Å²) in [6.45, 7) is 3.98. The molecule has 3 nitrogen and oxygen atoms in total. The molecule has 0 saturated carbocycles. The van der Waals surface area contributed by atoms with E-state index in [1.54, 1.807) is 0 Å². The zero-order valence-electron chi connectivity index (χ0n) is 7.46. The molecule has 0 rings (SSSR count). The Balaban J connectivity index is 3.67. The van der Waals surface area contributed by atoms with E-state index in [1.165, 1.54) is 7.11 Å². The molecule has 0 heterocycles. The topological polar surface area (TPSA) is 52.3 Å². The lowest BCUT2D eigenvalue weighted by Crippen LogP contribution is -2.29. The van der Waals surface area contributed by atoms with Gasteiger partial charge in [-0.05, 0) is 12.3 Å². The minimum atomic E-state index is -0.179. The van der Waals surface area contributed by atoms with Crippen molar-refractivity contribution in [3.8, 4) is 0 Å². The number of esters is 1. The normalized spacial score (nSPS) is 15.6. The molecule has 2 atom stereocenters. The SMILES string of the molecule is CCC(N)C(C)CC(=O)OC. The van der Waals surface area contributed by atoms with Crippen LogP contribution in [0.15, 0.2) is 0 Å². The number of carbonyl (C=O) groups is 1. The van der Waals surface area contributed by atoms with Crippen LogP contribution in [0.25, 0.3) is 0 Å². The van der Waals surface area contributed by atoms with Crippen LogP contribution in [0.2, 0.25) is 0 Å². The Hall–Kier alpha value is -0.570. The lowest BCUT2D eigenvalue weighted by molar-refractivity contribution is -0.141. The summed E-state index contributed by atoms with van der Waals surface area (Å²) in [4.78, 5) is 10.8. The molecule has 66 valence electrons. The zero-order chi connectivity index (χ0) is 8.85. The van der Waals surface area contributed by atoms with Gasteiger partial charge in [0.2, 0.25) is 0 Å². The van der Waals surface area contributed by atoms with Crippen molar-refractivity contribution >= 4 is 5.97 Å². The summed E-state index contributed by atoms with van der Waals surface area (Å²) in [5, 5.41) is 0. The van der Waals surface area contributed by atoms with E-state index in [2.05, 4.69) is 4.74 Å². The molecule has 0 bridgehead atoms. The van der Waals surface area contributed by atoms with Gasteiger partial charge in [0.1, 0.15) is 0 Å². The molecule has 0 aliphatic carbocycles. The number of hydrogen-bond donors (Lipinski definition) is 1. The van der Waals surface area contributed by atoms with Crippen molar-refractivity contribution in [2.75, 3.05) is 7.11 Å². The van der Waals surface area contributed by atoms with Crippen LogP contribution in [-0.2, 0) is 9.53 Å². The first-order valence-corrected chi connectivity index (χ1v) is 3.94. The smallest absolute Gasteiger partial charge is 0.305 e. The summed E-state index contributed by atoms with van der Waals surface area (Å²) in [5.74, 6) is 0.0360. The van der Waals surface area contributed by atoms with Crippen LogP contribution in [0.4, 0.5) is 0 Å². The highest BCUT2D eigenvalue weighted by molar-refractivity contribution is 5.69. The van der Waals surface area contributed by atoms with Crippen molar-refractivity contribution in [1.82, 2.24) is 0 Å². The summed E-state index contributed by atoms with van der Waals surface area (Å²) in [6.07, 6.45) is 1.32. The van der Waals surface area contributed by atoms with Crippen molar-refractivity contribution in [2.24, 2.45) is 11.7 Å². The van der Waals surface area contributed by atoms with E-state index in [4.69, 9.17) is 5.73 Å². The molecule has 0 aromatic heterocycles. The molecule has 2 N–H and O–H groups in total. The minimum Gasteiger partial charge on any atom is -0.469 e. The van der Waals surface area contributed by atoms with E-state index in [-0.39, 0.29) is 17.9 Å². The van der Waals surface area contributed by atoms with Gasteiger partial charge in [-0.15, -0.1) is 0 Å².